The smallest absolute Gasteiger partial charge is 0.183 e. The summed E-state index contributed by atoms with van der Waals surface area (Å²) in [5.74, 6) is 1.11. The van der Waals surface area contributed by atoms with Gasteiger partial charge < -0.3 is 0 Å². The zero-order valence-corrected chi connectivity index (χ0v) is 13.5. The number of carbonyl (C=O) groups excluding carboxylic acids is 1. The molecule has 4 aliphatic rings. The number of carbonyl (C=O) groups is 1. The van der Waals surface area contributed by atoms with Gasteiger partial charge in [0.1, 0.15) is 5.69 Å². The van der Waals surface area contributed by atoms with Crippen LogP contribution in [0.2, 0.25) is 0 Å². The van der Waals surface area contributed by atoms with E-state index in [2.05, 4.69) is 18.9 Å². The molecule has 5 rings (SSSR count). The van der Waals surface area contributed by atoms with Crippen molar-refractivity contribution in [3.63, 3.8) is 0 Å². The Kier molecular flexibility index (Phi) is 2.57. The molecule has 1 heterocycles. The van der Waals surface area contributed by atoms with Gasteiger partial charge in [-0.05, 0) is 66.8 Å². The van der Waals surface area contributed by atoms with Gasteiger partial charge in [-0.2, -0.15) is 5.10 Å². The normalized spacial score (nSPS) is 44.2. The zero-order chi connectivity index (χ0) is 14.9. The monoisotopic (exact) mass is 286 g/mol. The molecule has 4 aliphatic carbocycles. The van der Waals surface area contributed by atoms with Crippen molar-refractivity contribution in [1.29, 1.82) is 0 Å². The number of hydrogen-bond donors (Lipinski definition) is 0. The van der Waals surface area contributed by atoms with Gasteiger partial charge in [-0.15, -0.1) is 0 Å². The Morgan fingerprint density at radius 1 is 1.24 bits per heavy atom. The van der Waals surface area contributed by atoms with E-state index < -0.39 is 0 Å². The van der Waals surface area contributed by atoms with Crippen molar-refractivity contribution < 1.29 is 4.79 Å². The fraction of sp³-hybridized carbons (Fsp3) is 0.778. The average molecular weight is 286 g/mol. The Morgan fingerprint density at radius 2 is 1.90 bits per heavy atom. The van der Waals surface area contributed by atoms with Crippen LogP contribution < -0.4 is 0 Å². The minimum absolute atomic E-state index is 0.254. The first-order valence-corrected chi connectivity index (χ1v) is 8.32. The Labute approximate surface area is 127 Å². The largest absolute Gasteiger partial charge is 0.292 e. The molecule has 0 saturated heterocycles. The molecule has 0 spiro atoms. The topological polar surface area (TPSA) is 34.9 Å². The molecule has 0 amide bonds. The maximum atomic E-state index is 12.7. The van der Waals surface area contributed by atoms with E-state index in [1.165, 1.54) is 38.5 Å². The summed E-state index contributed by atoms with van der Waals surface area (Å²) in [6, 6.07) is 1.87. The first-order valence-electron chi connectivity index (χ1n) is 8.32. The van der Waals surface area contributed by atoms with Gasteiger partial charge in [0.15, 0.2) is 5.78 Å². The van der Waals surface area contributed by atoms with E-state index in [1.54, 1.807) is 4.68 Å². The van der Waals surface area contributed by atoms with Gasteiger partial charge in [-0.25, -0.2) is 0 Å². The molecule has 21 heavy (non-hydrogen) atoms. The first-order chi connectivity index (χ1) is 9.79. The van der Waals surface area contributed by atoms with Crippen LogP contribution in [-0.2, 0) is 7.05 Å². The molecular weight excluding hydrogens is 260 g/mol. The molecule has 4 saturated carbocycles. The molecule has 4 bridgehead atoms. The zero-order valence-electron chi connectivity index (χ0n) is 13.5. The summed E-state index contributed by atoms with van der Waals surface area (Å²) in [4.78, 5) is 12.7. The van der Waals surface area contributed by atoms with E-state index in [9.17, 15) is 4.79 Å². The Bertz CT molecular complexity index is 584. The second-order valence-corrected chi connectivity index (χ2v) is 9.10. The highest BCUT2D eigenvalue weighted by Crippen LogP contribution is 2.70. The van der Waals surface area contributed by atoms with Gasteiger partial charge in [0, 0.05) is 19.7 Å². The SMILES string of the molecule is Cn1ccc(C(=O)CC23CC4CC(C)(CC(C)(C4)C2)C3)n1. The van der Waals surface area contributed by atoms with Crippen molar-refractivity contribution >= 4 is 5.78 Å². The molecule has 0 radical (unpaired) electrons. The van der Waals surface area contributed by atoms with Crippen molar-refractivity contribution in [1.82, 2.24) is 9.78 Å². The number of aryl methyl sites for hydroxylation is 1. The van der Waals surface area contributed by atoms with Crippen LogP contribution in [0.3, 0.4) is 0 Å². The predicted molar refractivity (Wildman–Crippen MR) is 82.0 cm³/mol. The molecular formula is C18H26N2O. The summed E-state index contributed by atoms with van der Waals surface area (Å²) in [5, 5.41) is 4.31. The highest BCUT2D eigenvalue weighted by molar-refractivity contribution is 5.94. The van der Waals surface area contributed by atoms with Gasteiger partial charge in [-0.1, -0.05) is 13.8 Å². The van der Waals surface area contributed by atoms with Crippen LogP contribution in [0.1, 0.15) is 69.3 Å². The first kappa shape index (κ1) is 13.5. The molecule has 3 nitrogen and oxygen atoms in total. The Hall–Kier alpha value is -1.12. The molecule has 3 heteroatoms. The van der Waals surface area contributed by atoms with Crippen LogP contribution in [0.25, 0.3) is 0 Å². The van der Waals surface area contributed by atoms with Crippen molar-refractivity contribution in [2.45, 2.75) is 58.8 Å². The lowest BCUT2D eigenvalue weighted by atomic mass is 9.39. The number of ketones is 1. The van der Waals surface area contributed by atoms with Gasteiger partial charge in [0.05, 0.1) is 0 Å². The van der Waals surface area contributed by atoms with E-state index in [4.69, 9.17) is 0 Å². The average Bonchev–Trinajstić information content (AvgIpc) is 2.70. The van der Waals surface area contributed by atoms with Crippen LogP contribution in [0, 0.1) is 22.2 Å². The van der Waals surface area contributed by atoms with Crippen LogP contribution in [-0.4, -0.2) is 15.6 Å². The lowest BCUT2D eigenvalue weighted by Crippen LogP contribution is -2.55. The number of hydrogen-bond acceptors (Lipinski definition) is 2. The number of rotatable bonds is 3. The van der Waals surface area contributed by atoms with Gasteiger partial charge in [0.2, 0.25) is 0 Å². The predicted octanol–water partition coefficient (Wildman–Crippen LogP) is 3.99. The molecule has 2 atom stereocenters. The number of Topliss-reactive ketones (excluding diaryl/α,β-unsaturated/α-hetero) is 1. The second-order valence-electron chi connectivity index (χ2n) is 9.10. The third kappa shape index (κ3) is 2.16. The van der Waals surface area contributed by atoms with Crippen LogP contribution in [0.15, 0.2) is 12.3 Å². The summed E-state index contributed by atoms with van der Waals surface area (Å²) in [6.07, 6.45) is 10.5. The third-order valence-corrected chi connectivity index (χ3v) is 6.28. The highest BCUT2D eigenvalue weighted by Gasteiger charge is 2.60. The van der Waals surface area contributed by atoms with Crippen LogP contribution in [0.4, 0.5) is 0 Å². The highest BCUT2D eigenvalue weighted by atomic mass is 16.1. The summed E-state index contributed by atoms with van der Waals surface area (Å²) >= 11 is 0. The van der Waals surface area contributed by atoms with Crippen molar-refractivity contribution in [3.05, 3.63) is 18.0 Å². The minimum atomic E-state index is 0.254. The minimum Gasteiger partial charge on any atom is -0.292 e. The van der Waals surface area contributed by atoms with E-state index in [0.29, 0.717) is 22.9 Å². The van der Waals surface area contributed by atoms with Gasteiger partial charge in [-0.3, -0.25) is 9.48 Å². The summed E-state index contributed by atoms with van der Waals surface area (Å²) in [6.45, 7) is 4.94. The molecule has 0 aliphatic heterocycles. The summed E-state index contributed by atoms with van der Waals surface area (Å²) in [7, 11) is 1.88. The molecule has 1 aromatic heterocycles. The van der Waals surface area contributed by atoms with Crippen LogP contribution in [0.5, 0.6) is 0 Å². The lowest BCUT2D eigenvalue weighted by molar-refractivity contribution is -0.143. The molecule has 0 N–H and O–H groups in total. The standard InChI is InChI=1S/C18H26N2O/c1-16-6-13-7-17(2,10-16)12-18(8-13,11-16)9-15(21)14-4-5-20(3)19-14/h4-5,13H,6-12H2,1-3H3. The quantitative estimate of drug-likeness (QED) is 0.787. The molecule has 1 aromatic rings. The fourth-order valence-corrected chi connectivity index (χ4v) is 6.88. The van der Waals surface area contributed by atoms with Gasteiger partial charge >= 0.3 is 0 Å². The van der Waals surface area contributed by atoms with Crippen molar-refractivity contribution in [2.24, 2.45) is 29.2 Å². The molecule has 0 aromatic carbocycles. The second kappa shape index (κ2) is 3.99. The molecule has 114 valence electrons. The van der Waals surface area contributed by atoms with Crippen molar-refractivity contribution in [2.75, 3.05) is 0 Å². The fourth-order valence-electron chi connectivity index (χ4n) is 6.88. The van der Waals surface area contributed by atoms with E-state index in [0.717, 1.165) is 5.92 Å². The lowest BCUT2D eigenvalue weighted by Gasteiger charge is -2.65. The van der Waals surface area contributed by atoms with E-state index in [-0.39, 0.29) is 11.2 Å². The summed E-state index contributed by atoms with van der Waals surface area (Å²) < 4.78 is 1.73. The van der Waals surface area contributed by atoms with Gasteiger partial charge in [0.25, 0.3) is 0 Å². The maximum absolute atomic E-state index is 12.7. The maximum Gasteiger partial charge on any atom is 0.183 e. The number of nitrogens with zero attached hydrogens (tertiary/aromatic N) is 2. The molecule has 4 fully saturated rings. The van der Waals surface area contributed by atoms with Crippen molar-refractivity contribution in [3.8, 4) is 0 Å². The van der Waals surface area contributed by atoms with E-state index in [1.807, 2.05) is 19.3 Å². The Morgan fingerprint density at radius 3 is 2.43 bits per heavy atom. The number of aromatic nitrogens is 2. The van der Waals surface area contributed by atoms with E-state index >= 15 is 0 Å². The Balaban J connectivity index is 1.61. The third-order valence-electron chi connectivity index (χ3n) is 6.28. The van der Waals surface area contributed by atoms with Crippen LogP contribution >= 0.6 is 0 Å². The summed E-state index contributed by atoms with van der Waals surface area (Å²) in [5.41, 5.74) is 1.89. The molecule has 2 unspecified atom stereocenters.